The van der Waals surface area contributed by atoms with E-state index in [1.54, 1.807) is 12.1 Å². The summed E-state index contributed by atoms with van der Waals surface area (Å²) >= 11 is 5.49. The van der Waals surface area contributed by atoms with E-state index in [0.29, 0.717) is 5.56 Å². The van der Waals surface area contributed by atoms with Gasteiger partial charge in [0.05, 0.1) is 0 Å². The summed E-state index contributed by atoms with van der Waals surface area (Å²) < 4.78 is 19.5. The van der Waals surface area contributed by atoms with Crippen LogP contribution in [0.1, 0.15) is 12.0 Å². The van der Waals surface area contributed by atoms with E-state index in [2.05, 4.69) is 4.98 Å². The molecule has 0 amide bonds. The van der Waals surface area contributed by atoms with Crippen molar-refractivity contribution >= 4 is 26.8 Å². The van der Waals surface area contributed by atoms with Crippen molar-refractivity contribution in [2.45, 2.75) is 17.2 Å². The van der Waals surface area contributed by atoms with Crippen molar-refractivity contribution in [2.75, 3.05) is 0 Å². The Hall–Kier alpha value is -0.260. The number of hydrogen-bond acceptors (Lipinski definition) is 3. The number of halogens is 1. The minimum atomic E-state index is -5.16. The maximum atomic E-state index is 11.2. The first kappa shape index (κ1) is 15.8. The first-order valence-electron chi connectivity index (χ1n) is 4.77. The van der Waals surface area contributed by atoms with Crippen molar-refractivity contribution in [1.82, 2.24) is 4.98 Å². The summed E-state index contributed by atoms with van der Waals surface area (Å²) in [7, 11) is -10.3. The third kappa shape index (κ3) is 3.39. The molecule has 102 valence electrons. The molecular weight excluding hydrogens is 303 g/mol. The van der Waals surface area contributed by atoms with Gasteiger partial charge >= 0.3 is 15.2 Å². The number of pyridine rings is 1. The molecule has 1 aromatic rings. The van der Waals surface area contributed by atoms with Gasteiger partial charge in [0, 0.05) is 12.4 Å². The minimum absolute atomic E-state index is 0.00639. The lowest BCUT2D eigenvalue weighted by Gasteiger charge is -2.28. The average Bonchev–Trinajstić information content (AvgIpc) is 2.24. The summed E-state index contributed by atoms with van der Waals surface area (Å²) in [6.07, 6.45) is 2.36. The average molecular weight is 316 g/mol. The van der Waals surface area contributed by atoms with E-state index in [1.165, 1.54) is 12.4 Å². The third-order valence-corrected chi connectivity index (χ3v) is 7.65. The topological polar surface area (TPSA) is 128 Å². The summed E-state index contributed by atoms with van der Waals surface area (Å²) in [5.74, 6) is 0. The van der Waals surface area contributed by atoms with Gasteiger partial charge in [0.1, 0.15) is 0 Å². The molecule has 0 saturated carbocycles. The molecule has 0 radical (unpaired) electrons. The lowest BCUT2D eigenvalue weighted by molar-refractivity contribution is 0.326. The zero-order chi connectivity index (χ0) is 14.0. The number of alkyl halides is 1. The Morgan fingerprint density at radius 1 is 1.22 bits per heavy atom. The second kappa shape index (κ2) is 5.39. The lowest BCUT2D eigenvalue weighted by Crippen LogP contribution is -2.22. The predicted molar refractivity (Wildman–Crippen MR) is 65.2 cm³/mol. The molecule has 1 aromatic heterocycles. The fraction of sp³-hybridized carbons (Fsp3) is 0.375. The van der Waals surface area contributed by atoms with E-state index >= 15 is 0 Å². The van der Waals surface area contributed by atoms with E-state index in [9.17, 15) is 9.13 Å². The summed E-state index contributed by atoms with van der Waals surface area (Å²) in [6.45, 7) is 0. The molecule has 0 atom stereocenters. The Kier molecular flexibility index (Phi) is 4.73. The second-order valence-corrected chi connectivity index (χ2v) is 8.90. The van der Waals surface area contributed by atoms with Crippen LogP contribution in [-0.2, 0) is 15.6 Å². The molecule has 4 N–H and O–H groups in total. The van der Waals surface area contributed by atoms with Crippen molar-refractivity contribution in [3.8, 4) is 0 Å². The molecule has 0 aliphatic heterocycles. The molecule has 0 unspecified atom stereocenters. The van der Waals surface area contributed by atoms with E-state index in [1.807, 2.05) is 0 Å². The standard InChI is InChI=1S/C8H12ClNO6P2/c9-8(17(11,12)13,18(14,15)16)4-3-7-2-1-5-10-6-7/h1-2,5-6H,3-4H2,(H2,11,12,13)(H2,14,15,16). The second-order valence-electron chi connectivity index (χ2n) is 3.67. The summed E-state index contributed by atoms with van der Waals surface area (Å²) in [5, 5.41) is 0. The maximum absolute atomic E-state index is 11.2. The minimum Gasteiger partial charge on any atom is -0.323 e. The van der Waals surface area contributed by atoms with Gasteiger partial charge in [0.15, 0.2) is 0 Å². The highest BCUT2D eigenvalue weighted by Gasteiger charge is 2.58. The molecule has 0 spiro atoms. The molecule has 0 saturated heterocycles. The number of rotatable bonds is 5. The summed E-state index contributed by atoms with van der Waals surface area (Å²) in [5.41, 5.74) is 0.574. The van der Waals surface area contributed by atoms with E-state index in [4.69, 9.17) is 31.2 Å². The molecule has 1 heterocycles. The molecule has 10 heteroatoms. The van der Waals surface area contributed by atoms with Crippen LogP contribution in [0.3, 0.4) is 0 Å². The molecular formula is C8H12ClNO6P2. The van der Waals surface area contributed by atoms with Crippen LogP contribution in [0.5, 0.6) is 0 Å². The zero-order valence-electron chi connectivity index (χ0n) is 9.05. The van der Waals surface area contributed by atoms with Crippen LogP contribution in [0.15, 0.2) is 24.5 Å². The van der Waals surface area contributed by atoms with Gasteiger partial charge in [0.2, 0.25) is 4.36 Å². The third-order valence-electron chi connectivity index (χ3n) is 2.35. The monoisotopic (exact) mass is 315 g/mol. The smallest absolute Gasteiger partial charge is 0.323 e. The predicted octanol–water partition coefficient (Wildman–Crippen LogP) is 1.26. The number of nitrogens with zero attached hydrogens (tertiary/aromatic N) is 1. The molecule has 1 rings (SSSR count). The first-order chi connectivity index (χ1) is 8.08. The molecule has 0 fully saturated rings. The molecule has 0 aliphatic rings. The van der Waals surface area contributed by atoms with Gasteiger partial charge in [-0.1, -0.05) is 17.7 Å². The van der Waals surface area contributed by atoms with Crippen molar-refractivity contribution < 1.29 is 28.7 Å². The zero-order valence-corrected chi connectivity index (χ0v) is 11.6. The van der Waals surface area contributed by atoms with Crippen molar-refractivity contribution in [1.29, 1.82) is 0 Å². The van der Waals surface area contributed by atoms with E-state index in [0.717, 1.165) is 0 Å². The highest BCUT2D eigenvalue weighted by molar-refractivity contribution is 7.75. The fourth-order valence-electron chi connectivity index (χ4n) is 1.31. The van der Waals surface area contributed by atoms with Crippen LogP contribution < -0.4 is 0 Å². The Balaban J connectivity index is 2.96. The fourth-order valence-corrected chi connectivity index (χ4v) is 3.57. The van der Waals surface area contributed by atoms with Crippen LogP contribution in [0.2, 0.25) is 0 Å². The van der Waals surface area contributed by atoms with Gasteiger partial charge in [-0.05, 0) is 24.5 Å². The summed E-state index contributed by atoms with van der Waals surface area (Å²) in [4.78, 5) is 39.9. The van der Waals surface area contributed by atoms with Crippen LogP contribution >= 0.6 is 26.8 Å². The van der Waals surface area contributed by atoms with Crippen molar-refractivity contribution in [3.63, 3.8) is 0 Å². The first-order valence-corrected chi connectivity index (χ1v) is 8.37. The SMILES string of the molecule is O=P(O)(O)C(Cl)(CCc1cccnc1)P(=O)(O)O. The normalized spacial score (nSPS) is 13.6. The van der Waals surface area contributed by atoms with Gasteiger partial charge < -0.3 is 19.6 Å². The molecule has 0 bridgehead atoms. The van der Waals surface area contributed by atoms with Gasteiger partial charge in [-0.15, -0.1) is 0 Å². The number of aryl methyl sites for hydroxylation is 1. The molecule has 18 heavy (non-hydrogen) atoms. The van der Waals surface area contributed by atoms with Gasteiger partial charge in [-0.3, -0.25) is 14.1 Å². The van der Waals surface area contributed by atoms with Gasteiger partial charge in [-0.25, -0.2) is 0 Å². The molecule has 7 nitrogen and oxygen atoms in total. The number of aromatic nitrogens is 1. The summed E-state index contributed by atoms with van der Waals surface area (Å²) in [6, 6.07) is 3.21. The lowest BCUT2D eigenvalue weighted by atomic mass is 10.2. The molecule has 0 aromatic carbocycles. The quantitative estimate of drug-likeness (QED) is 0.475. The van der Waals surface area contributed by atoms with Crippen LogP contribution in [0.25, 0.3) is 0 Å². The maximum Gasteiger partial charge on any atom is 0.358 e. The Bertz CT molecular complexity index is 476. The highest BCUT2D eigenvalue weighted by Crippen LogP contribution is 2.73. The Labute approximate surface area is 108 Å². The van der Waals surface area contributed by atoms with Crippen LogP contribution in [-0.4, -0.2) is 28.9 Å². The van der Waals surface area contributed by atoms with Crippen molar-refractivity contribution in [3.05, 3.63) is 30.1 Å². The molecule has 0 aliphatic carbocycles. The Morgan fingerprint density at radius 3 is 2.17 bits per heavy atom. The number of hydrogen-bond donors (Lipinski definition) is 4. The van der Waals surface area contributed by atoms with E-state index < -0.39 is 26.0 Å². The van der Waals surface area contributed by atoms with E-state index in [-0.39, 0.29) is 6.42 Å². The Morgan fingerprint density at radius 2 is 1.78 bits per heavy atom. The van der Waals surface area contributed by atoms with Gasteiger partial charge in [0.25, 0.3) is 0 Å². The highest BCUT2D eigenvalue weighted by atomic mass is 35.5. The van der Waals surface area contributed by atoms with Crippen molar-refractivity contribution in [2.24, 2.45) is 0 Å². The van der Waals surface area contributed by atoms with Crippen LogP contribution in [0.4, 0.5) is 0 Å². The van der Waals surface area contributed by atoms with Crippen LogP contribution in [0, 0.1) is 0 Å². The largest absolute Gasteiger partial charge is 0.358 e. The van der Waals surface area contributed by atoms with Gasteiger partial charge in [-0.2, -0.15) is 0 Å².